The molecule has 7 heteroatoms. The third-order valence-corrected chi connectivity index (χ3v) is 4.86. The molecular weight excluding hydrogens is 326 g/mol. The van der Waals surface area contributed by atoms with E-state index in [-0.39, 0.29) is 6.04 Å². The molecule has 3 N–H and O–H groups in total. The maximum absolute atomic E-state index is 6.07. The molecule has 1 aromatic carbocycles. The summed E-state index contributed by atoms with van der Waals surface area (Å²) in [5.74, 6) is 0.727. The van der Waals surface area contributed by atoms with Gasteiger partial charge in [0.2, 0.25) is 0 Å². The van der Waals surface area contributed by atoms with Gasteiger partial charge in [0.1, 0.15) is 0 Å². The lowest BCUT2D eigenvalue weighted by Crippen LogP contribution is -2.18. The zero-order valence-electron chi connectivity index (χ0n) is 14.4. The fourth-order valence-electron chi connectivity index (χ4n) is 3.64. The molecule has 4 aromatic rings. The normalized spacial score (nSPS) is 16.2. The van der Waals surface area contributed by atoms with E-state index < -0.39 is 0 Å². The van der Waals surface area contributed by atoms with Crippen LogP contribution in [-0.2, 0) is 19.9 Å². The lowest BCUT2D eigenvalue weighted by molar-refractivity contribution is 0.721. The van der Waals surface area contributed by atoms with E-state index in [1.807, 2.05) is 36.2 Å². The highest BCUT2D eigenvalue weighted by Crippen LogP contribution is 2.28. The molecule has 26 heavy (non-hydrogen) atoms. The van der Waals surface area contributed by atoms with Crippen LogP contribution in [0.5, 0.6) is 0 Å². The van der Waals surface area contributed by atoms with Crippen molar-refractivity contribution in [2.75, 3.05) is 5.32 Å². The third kappa shape index (κ3) is 2.44. The third-order valence-electron chi connectivity index (χ3n) is 4.86. The first-order valence-electron chi connectivity index (χ1n) is 8.63. The van der Waals surface area contributed by atoms with Crippen molar-refractivity contribution in [3.05, 3.63) is 60.3 Å². The molecule has 0 radical (unpaired) electrons. The van der Waals surface area contributed by atoms with Gasteiger partial charge in [-0.15, -0.1) is 0 Å². The number of aryl methyl sites for hydroxylation is 1. The molecule has 7 nitrogen and oxygen atoms in total. The second kappa shape index (κ2) is 5.67. The van der Waals surface area contributed by atoms with Crippen LogP contribution in [-0.4, -0.2) is 30.2 Å². The molecule has 0 bridgehead atoms. The fourth-order valence-corrected chi connectivity index (χ4v) is 3.64. The number of nitrogens with two attached hydrogens (primary N) is 1. The van der Waals surface area contributed by atoms with E-state index in [1.165, 1.54) is 11.1 Å². The van der Waals surface area contributed by atoms with Crippen molar-refractivity contribution in [3.8, 4) is 11.3 Å². The second-order valence-electron chi connectivity index (χ2n) is 6.79. The average molecular weight is 345 g/mol. The average Bonchev–Trinajstić information content (AvgIpc) is 3.32. The van der Waals surface area contributed by atoms with E-state index in [9.17, 15) is 0 Å². The number of anilines is 2. The summed E-state index contributed by atoms with van der Waals surface area (Å²) >= 11 is 0. The van der Waals surface area contributed by atoms with Crippen molar-refractivity contribution in [2.24, 2.45) is 12.8 Å². The molecule has 0 spiro atoms. The van der Waals surface area contributed by atoms with Crippen LogP contribution in [0, 0.1) is 0 Å². The number of aromatic nitrogens is 5. The van der Waals surface area contributed by atoms with Gasteiger partial charge >= 0.3 is 0 Å². The Bertz CT molecular complexity index is 1110. The van der Waals surface area contributed by atoms with E-state index in [0.717, 1.165) is 41.3 Å². The van der Waals surface area contributed by atoms with Crippen LogP contribution in [0.2, 0.25) is 0 Å². The highest BCUT2D eigenvalue weighted by Gasteiger charge is 2.18. The predicted octanol–water partition coefficient (Wildman–Crippen LogP) is 2.30. The van der Waals surface area contributed by atoms with Crippen LogP contribution in [0.15, 0.2) is 49.2 Å². The highest BCUT2D eigenvalue weighted by molar-refractivity contribution is 5.74. The smallest absolute Gasteiger partial charge is 0.180 e. The van der Waals surface area contributed by atoms with Gasteiger partial charge in [-0.05, 0) is 36.1 Å². The Hall–Kier alpha value is -3.19. The number of hydrogen-bond acceptors (Lipinski definition) is 5. The molecule has 1 unspecified atom stereocenters. The van der Waals surface area contributed by atoms with Gasteiger partial charge in [0.15, 0.2) is 11.5 Å². The maximum Gasteiger partial charge on any atom is 0.180 e. The van der Waals surface area contributed by atoms with Gasteiger partial charge in [0, 0.05) is 42.9 Å². The molecule has 1 aliphatic rings. The van der Waals surface area contributed by atoms with Crippen molar-refractivity contribution in [2.45, 2.75) is 18.9 Å². The molecule has 0 aliphatic heterocycles. The first kappa shape index (κ1) is 15.1. The first-order valence-corrected chi connectivity index (χ1v) is 8.63. The van der Waals surface area contributed by atoms with Gasteiger partial charge in [-0.2, -0.15) is 5.10 Å². The Balaban J connectivity index is 1.52. The number of nitrogens with one attached hydrogen (secondary N) is 1. The van der Waals surface area contributed by atoms with Gasteiger partial charge in [-0.1, -0.05) is 6.07 Å². The standard InChI is InChI=1S/C19H19N7/c1-25-11-14(9-23-25)17-10-22-19-18(21-4-5-26(17)19)24-16-3-2-12-6-15(20)7-13(12)8-16/h2-5,8-11,15H,6-7,20H2,1H3,(H,21,24). The van der Waals surface area contributed by atoms with Crippen molar-refractivity contribution < 1.29 is 0 Å². The van der Waals surface area contributed by atoms with Gasteiger partial charge < -0.3 is 11.1 Å². The molecule has 3 aromatic heterocycles. The topological polar surface area (TPSA) is 86.1 Å². The Morgan fingerprint density at radius 1 is 1.15 bits per heavy atom. The van der Waals surface area contributed by atoms with Crippen molar-refractivity contribution in [3.63, 3.8) is 0 Å². The minimum Gasteiger partial charge on any atom is -0.337 e. The van der Waals surface area contributed by atoms with E-state index in [2.05, 4.69) is 38.6 Å². The summed E-state index contributed by atoms with van der Waals surface area (Å²) < 4.78 is 3.81. The lowest BCUT2D eigenvalue weighted by atomic mass is 10.1. The Morgan fingerprint density at radius 2 is 2.04 bits per heavy atom. The summed E-state index contributed by atoms with van der Waals surface area (Å²) in [6, 6.07) is 6.62. The van der Waals surface area contributed by atoms with Crippen LogP contribution in [0.1, 0.15) is 11.1 Å². The Morgan fingerprint density at radius 3 is 2.88 bits per heavy atom. The van der Waals surface area contributed by atoms with Crippen LogP contribution < -0.4 is 11.1 Å². The lowest BCUT2D eigenvalue weighted by Gasteiger charge is -2.09. The summed E-state index contributed by atoms with van der Waals surface area (Å²) in [5, 5.41) is 7.65. The van der Waals surface area contributed by atoms with E-state index in [1.54, 1.807) is 10.9 Å². The number of hydrogen-bond donors (Lipinski definition) is 2. The zero-order chi connectivity index (χ0) is 17.7. The molecule has 1 aliphatic carbocycles. The molecule has 0 saturated heterocycles. The summed E-state index contributed by atoms with van der Waals surface area (Å²) in [4.78, 5) is 9.05. The minimum absolute atomic E-state index is 0.233. The van der Waals surface area contributed by atoms with Crippen LogP contribution in [0.4, 0.5) is 11.5 Å². The SMILES string of the molecule is Cn1cc(-c2cnc3c(Nc4ccc5c(c4)CC(N)C5)nccn23)cn1. The molecule has 0 amide bonds. The first-order chi connectivity index (χ1) is 12.7. The quantitative estimate of drug-likeness (QED) is 0.595. The molecule has 5 rings (SSSR count). The zero-order valence-corrected chi connectivity index (χ0v) is 14.4. The predicted molar refractivity (Wildman–Crippen MR) is 100 cm³/mol. The number of imidazole rings is 1. The molecule has 1 atom stereocenters. The van der Waals surface area contributed by atoms with E-state index in [0.29, 0.717) is 0 Å². The molecule has 0 fully saturated rings. The molecule has 0 saturated carbocycles. The summed E-state index contributed by atoms with van der Waals surface area (Å²) in [6.07, 6.45) is 11.2. The number of rotatable bonds is 3. The second-order valence-corrected chi connectivity index (χ2v) is 6.79. The minimum atomic E-state index is 0.233. The number of nitrogens with zero attached hydrogens (tertiary/aromatic N) is 5. The molecule has 3 heterocycles. The number of benzene rings is 1. The monoisotopic (exact) mass is 345 g/mol. The van der Waals surface area contributed by atoms with Crippen molar-refractivity contribution in [1.29, 1.82) is 0 Å². The Kier molecular flexibility index (Phi) is 3.29. The van der Waals surface area contributed by atoms with Gasteiger partial charge in [-0.3, -0.25) is 9.08 Å². The largest absolute Gasteiger partial charge is 0.337 e. The van der Waals surface area contributed by atoms with Crippen LogP contribution >= 0.6 is 0 Å². The van der Waals surface area contributed by atoms with Gasteiger partial charge in [0.25, 0.3) is 0 Å². The summed E-state index contributed by atoms with van der Waals surface area (Å²) in [6.45, 7) is 0. The van der Waals surface area contributed by atoms with E-state index >= 15 is 0 Å². The van der Waals surface area contributed by atoms with Crippen molar-refractivity contribution in [1.82, 2.24) is 24.1 Å². The van der Waals surface area contributed by atoms with Gasteiger partial charge in [-0.25, -0.2) is 9.97 Å². The Labute approximate surface area is 150 Å². The molecular formula is C19H19N7. The van der Waals surface area contributed by atoms with Crippen molar-refractivity contribution >= 4 is 17.2 Å². The molecule has 130 valence electrons. The summed E-state index contributed by atoms with van der Waals surface area (Å²) in [5.41, 5.74) is 12.5. The fraction of sp³-hybridized carbons (Fsp3) is 0.211. The summed E-state index contributed by atoms with van der Waals surface area (Å²) in [7, 11) is 1.90. The van der Waals surface area contributed by atoms with Crippen LogP contribution in [0.25, 0.3) is 16.9 Å². The van der Waals surface area contributed by atoms with Gasteiger partial charge in [0.05, 0.1) is 18.1 Å². The maximum atomic E-state index is 6.07. The van der Waals surface area contributed by atoms with Crippen LogP contribution in [0.3, 0.4) is 0 Å². The number of fused-ring (bicyclic) bond motifs is 2. The van der Waals surface area contributed by atoms with E-state index in [4.69, 9.17) is 5.73 Å². The highest BCUT2D eigenvalue weighted by atomic mass is 15.2.